The van der Waals surface area contributed by atoms with Gasteiger partial charge in [-0.1, -0.05) is 0 Å². The van der Waals surface area contributed by atoms with Crippen molar-refractivity contribution in [2.24, 2.45) is 0 Å². The molecule has 0 radical (unpaired) electrons. The van der Waals surface area contributed by atoms with E-state index in [0.717, 1.165) is 0 Å². The van der Waals surface area contributed by atoms with Crippen molar-refractivity contribution in [3.63, 3.8) is 0 Å². The van der Waals surface area contributed by atoms with Gasteiger partial charge in [-0.3, -0.25) is 0 Å². The Balaban J connectivity index is 2.23. The van der Waals surface area contributed by atoms with Crippen molar-refractivity contribution in [1.29, 1.82) is 0 Å². The van der Waals surface area contributed by atoms with E-state index in [0.29, 0.717) is 31.9 Å². The van der Waals surface area contributed by atoms with Crippen LogP contribution in [0.1, 0.15) is 10.4 Å². The highest BCUT2D eigenvalue weighted by atomic mass is 16.5. The van der Waals surface area contributed by atoms with Crippen LogP contribution in [0.15, 0.2) is 18.5 Å². The van der Waals surface area contributed by atoms with Gasteiger partial charge in [-0.25, -0.2) is 4.79 Å². The molecule has 1 aromatic heterocycles. The summed E-state index contributed by atoms with van der Waals surface area (Å²) < 4.78 is 11.9. The molecule has 0 fully saturated rings. The summed E-state index contributed by atoms with van der Waals surface area (Å²) in [6.45, 7) is 2.34. The predicted octanol–water partition coefficient (Wildman–Crippen LogP) is 0.849. The number of aromatic carboxylic acids is 1. The van der Waals surface area contributed by atoms with Gasteiger partial charge in [0.1, 0.15) is 0 Å². The molecule has 0 aliphatic rings. The van der Waals surface area contributed by atoms with E-state index in [4.69, 9.17) is 14.6 Å². The van der Waals surface area contributed by atoms with E-state index in [1.807, 2.05) is 0 Å². The normalized spacial score (nSPS) is 10.5. The number of hydrogen-bond donors (Lipinski definition) is 1. The molecule has 0 spiro atoms. The number of carbonyl (C=O) groups is 1. The van der Waals surface area contributed by atoms with Gasteiger partial charge in [-0.15, -0.1) is 0 Å². The Morgan fingerprint density at radius 1 is 1.47 bits per heavy atom. The molecule has 0 aliphatic heterocycles. The molecule has 1 rings (SSSR count). The van der Waals surface area contributed by atoms with Crippen molar-refractivity contribution in [1.82, 2.24) is 4.57 Å². The maximum absolute atomic E-state index is 10.6. The smallest absolute Gasteiger partial charge is 0.337 e. The van der Waals surface area contributed by atoms with Crippen LogP contribution in [0.3, 0.4) is 0 Å². The van der Waals surface area contributed by atoms with Gasteiger partial charge < -0.3 is 19.1 Å². The van der Waals surface area contributed by atoms with Crippen molar-refractivity contribution in [3.05, 3.63) is 24.0 Å². The second-order valence-corrected chi connectivity index (χ2v) is 3.05. The second kappa shape index (κ2) is 6.21. The SMILES string of the molecule is COCCOCCn1ccc(C(=O)O)c1. The molecule has 5 heteroatoms. The minimum atomic E-state index is -0.908. The van der Waals surface area contributed by atoms with E-state index in [1.165, 1.54) is 0 Å². The Kier molecular flexibility index (Phi) is 4.86. The summed E-state index contributed by atoms with van der Waals surface area (Å²) in [5.41, 5.74) is 0.298. The third-order valence-corrected chi connectivity index (χ3v) is 1.92. The Morgan fingerprint density at radius 3 is 2.87 bits per heavy atom. The molecule has 1 aromatic rings. The monoisotopic (exact) mass is 213 g/mol. The summed E-state index contributed by atoms with van der Waals surface area (Å²) >= 11 is 0. The zero-order valence-electron chi connectivity index (χ0n) is 8.68. The molecule has 84 valence electrons. The third kappa shape index (κ3) is 4.14. The molecule has 1 N–H and O–H groups in total. The standard InChI is InChI=1S/C10H15NO4/c1-14-6-7-15-5-4-11-3-2-9(8-11)10(12)13/h2-3,8H,4-7H2,1H3,(H,12,13). The van der Waals surface area contributed by atoms with Crippen LogP contribution >= 0.6 is 0 Å². The van der Waals surface area contributed by atoms with E-state index < -0.39 is 5.97 Å². The number of carboxylic acid groups (broad SMARTS) is 1. The lowest BCUT2D eigenvalue weighted by Gasteiger charge is -2.04. The van der Waals surface area contributed by atoms with Crippen LogP contribution in [-0.4, -0.2) is 42.6 Å². The van der Waals surface area contributed by atoms with Gasteiger partial charge >= 0.3 is 5.97 Å². The fourth-order valence-corrected chi connectivity index (χ4v) is 1.12. The molecule has 0 unspecified atom stereocenters. The molecule has 0 aromatic carbocycles. The first-order valence-corrected chi connectivity index (χ1v) is 4.70. The van der Waals surface area contributed by atoms with Crippen molar-refractivity contribution in [3.8, 4) is 0 Å². The quantitative estimate of drug-likeness (QED) is 0.682. The number of ether oxygens (including phenoxy) is 2. The Bertz CT molecular complexity index is 308. The number of rotatable bonds is 7. The van der Waals surface area contributed by atoms with E-state index >= 15 is 0 Å². The molecule has 0 bridgehead atoms. The summed E-state index contributed by atoms with van der Waals surface area (Å²) in [6.07, 6.45) is 3.31. The molecule has 0 saturated carbocycles. The van der Waals surface area contributed by atoms with Crippen LogP contribution in [0.2, 0.25) is 0 Å². The van der Waals surface area contributed by atoms with Crippen molar-refractivity contribution in [2.45, 2.75) is 6.54 Å². The number of hydrogen-bond acceptors (Lipinski definition) is 3. The summed E-state index contributed by atoms with van der Waals surface area (Å²) in [7, 11) is 1.62. The van der Waals surface area contributed by atoms with Crippen LogP contribution in [-0.2, 0) is 16.0 Å². The highest BCUT2D eigenvalue weighted by Gasteiger charge is 2.03. The number of methoxy groups -OCH3 is 1. The Hall–Kier alpha value is -1.33. The molecule has 1 heterocycles. The van der Waals surface area contributed by atoms with Crippen LogP contribution in [0, 0.1) is 0 Å². The Labute approximate surface area is 88.2 Å². The van der Waals surface area contributed by atoms with Gasteiger partial charge in [0.05, 0.1) is 25.4 Å². The van der Waals surface area contributed by atoms with E-state index in [-0.39, 0.29) is 0 Å². The van der Waals surface area contributed by atoms with Gasteiger partial charge in [0.15, 0.2) is 0 Å². The topological polar surface area (TPSA) is 60.7 Å². The minimum Gasteiger partial charge on any atom is -0.478 e. The average molecular weight is 213 g/mol. The van der Waals surface area contributed by atoms with Gasteiger partial charge in [0.25, 0.3) is 0 Å². The summed E-state index contributed by atoms with van der Waals surface area (Å²) in [6, 6.07) is 1.57. The Morgan fingerprint density at radius 2 is 2.27 bits per heavy atom. The molecular weight excluding hydrogens is 198 g/mol. The fraction of sp³-hybridized carbons (Fsp3) is 0.500. The zero-order valence-corrected chi connectivity index (χ0v) is 8.68. The third-order valence-electron chi connectivity index (χ3n) is 1.92. The first kappa shape index (κ1) is 11.7. The molecule has 0 amide bonds. The first-order chi connectivity index (χ1) is 7.24. The fourth-order valence-electron chi connectivity index (χ4n) is 1.12. The highest BCUT2D eigenvalue weighted by molar-refractivity contribution is 5.87. The lowest BCUT2D eigenvalue weighted by atomic mass is 10.4. The van der Waals surface area contributed by atoms with E-state index in [9.17, 15) is 4.79 Å². The summed E-state index contributed by atoms with van der Waals surface area (Å²) in [5, 5.41) is 8.68. The molecule has 5 nitrogen and oxygen atoms in total. The number of nitrogens with zero attached hydrogens (tertiary/aromatic N) is 1. The zero-order chi connectivity index (χ0) is 11.1. The molecular formula is C10H15NO4. The largest absolute Gasteiger partial charge is 0.478 e. The maximum atomic E-state index is 10.6. The van der Waals surface area contributed by atoms with Gasteiger partial charge in [0.2, 0.25) is 0 Å². The maximum Gasteiger partial charge on any atom is 0.337 e. The van der Waals surface area contributed by atoms with Crippen LogP contribution in [0.25, 0.3) is 0 Å². The second-order valence-electron chi connectivity index (χ2n) is 3.05. The van der Waals surface area contributed by atoms with Crippen molar-refractivity contribution >= 4 is 5.97 Å². The van der Waals surface area contributed by atoms with Crippen molar-refractivity contribution < 1.29 is 19.4 Å². The van der Waals surface area contributed by atoms with E-state index in [2.05, 4.69) is 0 Å². The van der Waals surface area contributed by atoms with Crippen LogP contribution in [0.5, 0.6) is 0 Å². The number of carboxylic acids is 1. The summed E-state index contributed by atoms with van der Waals surface area (Å²) in [5.74, 6) is -0.908. The van der Waals surface area contributed by atoms with Gasteiger partial charge in [-0.05, 0) is 6.07 Å². The molecule has 0 aliphatic carbocycles. The van der Waals surface area contributed by atoms with Crippen molar-refractivity contribution in [2.75, 3.05) is 26.9 Å². The average Bonchev–Trinajstić information content (AvgIpc) is 2.66. The van der Waals surface area contributed by atoms with E-state index in [1.54, 1.807) is 30.1 Å². The molecule has 15 heavy (non-hydrogen) atoms. The number of aromatic nitrogens is 1. The summed E-state index contributed by atoms with van der Waals surface area (Å²) in [4.78, 5) is 10.6. The predicted molar refractivity (Wildman–Crippen MR) is 54.1 cm³/mol. The molecule has 0 saturated heterocycles. The van der Waals surface area contributed by atoms with Gasteiger partial charge in [-0.2, -0.15) is 0 Å². The lowest BCUT2D eigenvalue weighted by molar-refractivity contribution is 0.0663. The minimum absolute atomic E-state index is 0.298. The molecule has 0 atom stereocenters. The van der Waals surface area contributed by atoms with Crippen LogP contribution < -0.4 is 0 Å². The first-order valence-electron chi connectivity index (χ1n) is 4.70. The van der Waals surface area contributed by atoms with Gasteiger partial charge in [0, 0.05) is 26.0 Å². The lowest BCUT2D eigenvalue weighted by Crippen LogP contribution is -2.08. The highest BCUT2D eigenvalue weighted by Crippen LogP contribution is 2.00. The van der Waals surface area contributed by atoms with Crippen LogP contribution in [0.4, 0.5) is 0 Å².